The summed E-state index contributed by atoms with van der Waals surface area (Å²) in [4.78, 5) is 12.0. The number of rotatable bonds is 3. The van der Waals surface area contributed by atoms with Crippen LogP contribution < -0.4 is 15.4 Å². The summed E-state index contributed by atoms with van der Waals surface area (Å²) in [6, 6.07) is 5.53. The number of carbonyl (C=O) groups is 1. The maximum Gasteiger partial charge on any atom is 0.228 e. The Hall–Kier alpha value is -0.780. The Kier molecular flexibility index (Phi) is 6.62. The van der Waals surface area contributed by atoms with Gasteiger partial charge in [-0.3, -0.25) is 4.79 Å². The minimum Gasteiger partial charge on any atom is -0.496 e. The Morgan fingerprint density at radius 2 is 2.32 bits per heavy atom. The second-order valence-electron chi connectivity index (χ2n) is 4.38. The largest absolute Gasteiger partial charge is 0.496 e. The molecule has 1 aliphatic heterocycles. The minimum atomic E-state index is 0. The smallest absolute Gasteiger partial charge is 0.228 e. The van der Waals surface area contributed by atoms with Crippen LogP contribution in [0.5, 0.6) is 5.75 Å². The Morgan fingerprint density at radius 1 is 1.53 bits per heavy atom. The maximum absolute atomic E-state index is 12.0. The lowest BCUT2D eigenvalue weighted by atomic mass is 9.99. The van der Waals surface area contributed by atoms with Gasteiger partial charge in [-0.05, 0) is 53.5 Å². The first-order valence-corrected chi connectivity index (χ1v) is 6.85. The molecule has 1 fully saturated rings. The third kappa shape index (κ3) is 4.37. The topological polar surface area (TPSA) is 50.4 Å². The molecule has 1 aromatic rings. The van der Waals surface area contributed by atoms with E-state index in [-0.39, 0.29) is 24.2 Å². The van der Waals surface area contributed by atoms with Crippen LogP contribution in [0, 0.1) is 5.92 Å². The lowest BCUT2D eigenvalue weighted by Crippen LogP contribution is -2.37. The normalized spacial score (nSPS) is 18.3. The highest BCUT2D eigenvalue weighted by molar-refractivity contribution is 9.10. The monoisotopic (exact) mass is 348 g/mol. The number of hydrogen-bond acceptors (Lipinski definition) is 3. The van der Waals surface area contributed by atoms with Crippen molar-refractivity contribution in [3.8, 4) is 5.75 Å². The van der Waals surface area contributed by atoms with Crippen molar-refractivity contribution in [1.82, 2.24) is 5.32 Å². The number of ether oxygens (including phenoxy) is 1. The summed E-state index contributed by atoms with van der Waals surface area (Å²) in [7, 11) is 1.62. The van der Waals surface area contributed by atoms with Gasteiger partial charge in [-0.15, -0.1) is 12.4 Å². The Morgan fingerprint density at radius 3 is 2.89 bits per heavy atom. The van der Waals surface area contributed by atoms with Gasteiger partial charge in [0, 0.05) is 12.2 Å². The van der Waals surface area contributed by atoms with Gasteiger partial charge in [0.05, 0.1) is 17.5 Å². The van der Waals surface area contributed by atoms with Crippen molar-refractivity contribution >= 4 is 39.9 Å². The van der Waals surface area contributed by atoms with Gasteiger partial charge in [0.2, 0.25) is 5.91 Å². The number of amides is 1. The fourth-order valence-corrected chi connectivity index (χ4v) is 2.60. The van der Waals surface area contributed by atoms with E-state index in [0.29, 0.717) is 0 Å². The van der Waals surface area contributed by atoms with Crippen LogP contribution in [0.15, 0.2) is 22.7 Å². The van der Waals surface area contributed by atoms with Crippen molar-refractivity contribution in [2.24, 2.45) is 5.92 Å². The molecule has 1 aromatic carbocycles. The Labute approximate surface area is 127 Å². The van der Waals surface area contributed by atoms with Crippen molar-refractivity contribution in [3.63, 3.8) is 0 Å². The number of carbonyl (C=O) groups excluding carboxylic acids is 1. The van der Waals surface area contributed by atoms with Crippen molar-refractivity contribution in [1.29, 1.82) is 0 Å². The van der Waals surface area contributed by atoms with E-state index >= 15 is 0 Å². The van der Waals surface area contributed by atoms with Crippen LogP contribution >= 0.6 is 28.3 Å². The second-order valence-corrected chi connectivity index (χ2v) is 5.24. The summed E-state index contributed by atoms with van der Waals surface area (Å²) in [6.45, 7) is 1.78. The van der Waals surface area contributed by atoms with E-state index in [1.54, 1.807) is 7.11 Å². The van der Waals surface area contributed by atoms with Crippen LogP contribution in [0.2, 0.25) is 0 Å². The molecule has 1 aliphatic rings. The maximum atomic E-state index is 12.0. The molecule has 19 heavy (non-hydrogen) atoms. The highest BCUT2D eigenvalue weighted by Crippen LogP contribution is 2.28. The third-order valence-corrected chi connectivity index (χ3v) is 3.71. The first-order chi connectivity index (χ1) is 8.70. The van der Waals surface area contributed by atoms with Crippen LogP contribution in [0.4, 0.5) is 5.69 Å². The van der Waals surface area contributed by atoms with Gasteiger partial charge in [0.15, 0.2) is 0 Å². The van der Waals surface area contributed by atoms with Crippen molar-refractivity contribution in [2.45, 2.75) is 12.8 Å². The van der Waals surface area contributed by atoms with Crippen LogP contribution in [-0.2, 0) is 4.79 Å². The van der Waals surface area contributed by atoms with Crippen molar-refractivity contribution in [2.75, 3.05) is 25.5 Å². The Bertz CT molecular complexity index is 437. The zero-order valence-electron chi connectivity index (χ0n) is 10.7. The summed E-state index contributed by atoms with van der Waals surface area (Å²) in [5.74, 6) is 0.909. The predicted octanol–water partition coefficient (Wildman–Crippen LogP) is 2.82. The summed E-state index contributed by atoms with van der Waals surface area (Å²) >= 11 is 3.40. The number of piperidine rings is 1. The molecule has 106 valence electrons. The molecule has 6 heteroatoms. The summed E-state index contributed by atoms with van der Waals surface area (Å²) in [6.07, 6.45) is 2.01. The summed E-state index contributed by atoms with van der Waals surface area (Å²) in [5, 5.41) is 6.18. The van der Waals surface area contributed by atoms with Crippen LogP contribution in [-0.4, -0.2) is 26.1 Å². The quantitative estimate of drug-likeness (QED) is 0.882. The number of benzene rings is 1. The second kappa shape index (κ2) is 7.72. The average molecular weight is 350 g/mol. The number of anilines is 1. The lowest BCUT2D eigenvalue weighted by molar-refractivity contribution is -0.120. The van der Waals surface area contributed by atoms with Crippen LogP contribution in [0.3, 0.4) is 0 Å². The van der Waals surface area contributed by atoms with Gasteiger partial charge in [-0.1, -0.05) is 0 Å². The zero-order chi connectivity index (χ0) is 13.0. The SMILES string of the molecule is COc1ccc(NC(=O)C2CCCNC2)cc1Br.Cl. The molecule has 0 aliphatic carbocycles. The molecule has 0 aromatic heterocycles. The molecule has 0 bridgehead atoms. The molecular formula is C13H18BrClN2O2. The fraction of sp³-hybridized carbons (Fsp3) is 0.462. The first kappa shape index (κ1) is 16.3. The van der Waals surface area contributed by atoms with Crippen LogP contribution in [0.1, 0.15) is 12.8 Å². The van der Waals surface area contributed by atoms with Gasteiger partial charge in [-0.2, -0.15) is 0 Å². The van der Waals surface area contributed by atoms with E-state index < -0.39 is 0 Å². The molecule has 1 unspecified atom stereocenters. The van der Waals surface area contributed by atoms with Crippen molar-refractivity contribution < 1.29 is 9.53 Å². The first-order valence-electron chi connectivity index (χ1n) is 6.06. The zero-order valence-corrected chi connectivity index (χ0v) is 13.1. The molecule has 0 radical (unpaired) electrons. The van der Waals surface area contributed by atoms with E-state index in [2.05, 4.69) is 26.6 Å². The van der Waals surface area contributed by atoms with Gasteiger partial charge in [-0.25, -0.2) is 0 Å². The van der Waals surface area contributed by atoms with Gasteiger partial charge in [0.25, 0.3) is 0 Å². The number of hydrogen-bond donors (Lipinski definition) is 2. The third-order valence-electron chi connectivity index (χ3n) is 3.09. The van der Waals surface area contributed by atoms with E-state index in [0.717, 1.165) is 41.8 Å². The molecule has 4 nitrogen and oxygen atoms in total. The predicted molar refractivity (Wildman–Crippen MR) is 82.2 cm³/mol. The average Bonchev–Trinajstić information content (AvgIpc) is 2.40. The summed E-state index contributed by atoms with van der Waals surface area (Å²) < 4.78 is 5.99. The van der Waals surface area contributed by atoms with Crippen molar-refractivity contribution in [3.05, 3.63) is 22.7 Å². The molecule has 1 saturated heterocycles. The highest BCUT2D eigenvalue weighted by atomic mass is 79.9. The number of methoxy groups -OCH3 is 1. The van der Waals surface area contributed by atoms with Gasteiger partial charge >= 0.3 is 0 Å². The Balaban J connectivity index is 0.00000180. The lowest BCUT2D eigenvalue weighted by Gasteiger charge is -2.22. The van der Waals surface area contributed by atoms with E-state index in [1.165, 1.54) is 0 Å². The molecule has 2 rings (SSSR count). The fourth-order valence-electron chi connectivity index (χ4n) is 2.06. The standard InChI is InChI=1S/C13H17BrN2O2.ClH/c1-18-12-5-4-10(7-11(12)14)16-13(17)9-3-2-6-15-8-9;/h4-5,7,9,15H,2-3,6,8H2,1H3,(H,16,17);1H. The van der Waals surface area contributed by atoms with Gasteiger partial charge in [0.1, 0.15) is 5.75 Å². The molecular weight excluding hydrogens is 332 g/mol. The van der Waals surface area contributed by atoms with E-state index in [4.69, 9.17) is 4.74 Å². The van der Waals surface area contributed by atoms with Crippen LogP contribution in [0.25, 0.3) is 0 Å². The number of halogens is 2. The molecule has 1 amide bonds. The molecule has 0 spiro atoms. The number of nitrogens with one attached hydrogen (secondary N) is 2. The van der Waals surface area contributed by atoms with E-state index in [1.807, 2.05) is 18.2 Å². The molecule has 1 heterocycles. The van der Waals surface area contributed by atoms with Gasteiger partial charge < -0.3 is 15.4 Å². The summed E-state index contributed by atoms with van der Waals surface area (Å²) in [5.41, 5.74) is 0.790. The molecule has 0 saturated carbocycles. The molecule has 1 atom stereocenters. The molecule has 2 N–H and O–H groups in total. The minimum absolute atomic E-state index is 0. The van der Waals surface area contributed by atoms with E-state index in [9.17, 15) is 4.79 Å². The highest BCUT2D eigenvalue weighted by Gasteiger charge is 2.20.